The van der Waals surface area contributed by atoms with Crippen molar-refractivity contribution in [1.82, 2.24) is 4.90 Å². The molecule has 1 atom stereocenters. The van der Waals surface area contributed by atoms with Crippen LogP contribution < -0.4 is 0 Å². The van der Waals surface area contributed by atoms with Crippen molar-refractivity contribution in [2.45, 2.75) is 31.7 Å². The maximum absolute atomic E-state index is 11.1. The highest BCUT2D eigenvalue weighted by Crippen LogP contribution is 2.09. The van der Waals surface area contributed by atoms with E-state index in [0.717, 1.165) is 0 Å². The molecule has 0 aromatic rings. The third-order valence-corrected chi connectivity index (χ3v) is 2.38. The van der Waals surface area contributed by atoms with Crippen molar-refractivity contribution in [3.05, 3.63) is 0 Å². The van der Waals surface area contributed by atoms with Crippen molar-refractivity contribution < 1.29 is 19.8 Å². The van der Waals surface area contributed by atoms with Gasteiger partial charge in [-0.1, -0.05) is 0 Å². The largest absolute Gasteiger partial charge is 0.481 e. The van der Waals surface area contributed by atoms with E-state index in [9.17, 15) is 9.59 Å². The number of hydrogen-bond acceptors (Lipinski definition) is 5. The Kier molecular flexibility index (Phi) is 7.91. The molecular weight excluding hydrogens is 238 g/mol. The number of nitriles is 2. The normalized spacial score (nSPS) is 11.5. The summed E-state index contributed by atoms with van der Waals surface area (Å²) in [4.78, 5) is 23.0. The minimum atomic E-state index is -1.13. The number of hydrogen-bond donors (Lipinski definition) is 2. The average molecular weight is 253 g/mol. The molecule has 18 heavy (non-hydrogen) atoms. The lowest BCUT2D eigenvalue weighted by Crippen LogP contribution is -2.42. The minimum Gasteiger partial charge on any atom is -0.481 e. The summed E-state index contributed by atoms with van der Waals surface area (Å²) in [6.07, 6.45) is -0.0152. The van der Waals surface area contributed by atoms with Crippen molar-refractivity contribution in [2.24, 2.45) is 0 Å². The van der Waals surface area contributed by atoms with Crippen LogP contribution in [0.1, 0.15) is 25.7 Å². The van der Waals surface area contributed by atoms with Crippen LogP contribution in [0.2, 0.25) is 0 Å². The zero-order valence-corrected chi connectivity index (χ0v) is 9.87. The topological polar surface area (TPSA) is 125 Å². The molecule has 2 N–H and O–H groups in total. The van der Waals surface area contributed by atoms with Crippen LogP contribution in [-0.2, 0) is 9.59 Å². The van der Waals surface area contributed by atoms with E-state index in [0.29, 0.717) is 0 Å². The molecule has 0 heterocycles. The van der Waals surface area contributed by atoms with E-state index in [1.165, 1.54) is 4.90 Å². The summed E-state index contributed by atoms with van der Waals surface area (Å²) in [6.45, 7) is 0.434. The molecule has 0 radical (unpaired) electrons. The Bertz CT molecular complexity index is 351. The summed E-state index contributed by atoms with van der Waals surface area (Å²) in [5.41, 5.74) is 0. The lowest BCUT2D eigenvalue weighted by atomic mass is 10.1. The first-order chi connectivity index (χ1) is 8.52. The van der Waals surface area contributed by atoms with Gasteiger partial charge in [-0.15, -0.1) is 0 Å². The van der Waals surface area contributed by atoms with Gasteiger partial charge in [-0.3, -0.25) is 14.5 Å². The number of aliphatic carboxylic acids is 2. The molecule has 0 aromatic heterocycles. The van der Waals surface area contributed by atoms with E-state index in [1.54, 1.807) is 0 Å². The highest BCUT2D eigenvalue weighted by Gasteiger charge is 2.25. The van der Waals surface area contributed by atoms with E-state index >= 15 is 0 Å². The van der Waals surface area contributed by atoms with Crippen LogP contribution in [0.4, 0.5) is 0 Å². The standard InChI is InChI=1S/C11H15N3O4/c12-5-1-7-14(8-2-6-13)9(11(17)18)3-4-10(15)16/h9H,1-4,7-8H2,(H,15,16)(H,17,18)/t9-/m1/s1. The van der Waals surface area contributed by atoms with E-state index < -0.39 is 18.0 Å². The number of nitrogens with zero attached hydrogens (tertiary/aromatic N) is 3. The maximum Gasteiger partial charge on any atom is 0.320 e. The smallest absolute Gasteiger partial charge is 0.320 e. The Morgan fingerprint density at radius 1 is 1.11 bits per heavy atom. The molecule has 98 valence electrons. The van der Waals surface area contributed by atoms with E-state index in [4.69, 9.17) is 20.7 Å². The lowest BCUT2D eigenvalue weighted by molar-refractivity contribution is -0.144. The number of rotatable bonds is 9. The molecule has 0 saturated heterocycles. The second-order valence-corrected chi connectivity index (χ2v) is 3.64. The first-order valence-electron chi connectivity index (χ1n) is 5.45. The quantitative estimate of drug-likeness (QED) is 0.610. The zero-order chi connectivity index (χ0) is 14.0. The van der Waals surface area contributed by atoms with Crippen LogP contribution in [0.25, 0.3) is 0 Å². The van der Waals surface area contributed by atoms with Gasteiger partial charge in [0.05, 0.1) is 12.1 Å². The molecule has 0 fully saturated rings. The molecule has 0 rings (SSSR count). The molecule has 0 aliphatic rings. The Hall–Kier alpha value is -2.12. The van der Waals surface area contributed by atoms with Crippen molar-refractivity contribution in [3.63, 3.8) is 0 Å². The van der Waals surface area contributed by atoms with Crippen molar-refractivity contribution in [2.75, 3.05) is 13.1 Å². The van der Waals surface area contributed by atoms with Crippen LogP contribution in [0.15, 0.2) is 0 Å². The Labute approximate surface area is 105 Å². The first-order valence-corrected chi connectivity index (χ1v) is 5.45. The number of carboxylic acids is 2. The predicted molar refractivity (Wildman–Crippen MR) is 60.3 cm³/mol. The second-order valence-electron chi connectivity index (χ2n) is 3.64. The molecule has 0 spiro atoms. The molecule has 0 saturated carbocycles. The molecular formula is C11H15N3O4. The molecule has 0 aromatic carbocycles. The highest BCUT2D eigenvalue weighted by molar-refractivity contribution is 5.75. The van der Waals surface area contributed by atoms with Gasteiger partial charge in [0.15, 0.2) is 0 Å². The number of carboxylic acid groups (broad SMARTS) is 2. The third-order valence-electron chi connectivity index (χ3n) is 2.38. The molecule has 0 aliphatic carbocycles. The monoisotopic (exact) mass is 253 g/mol. The summed E-state index contributed by atoms with van der Waals surface area (Å²) in [5.74, 6) is -2.20. The van der Waals surface area contributed by atoms with Crippen molar-refractivity contribution in [1.29, 1.82) is 10.5 Å². The van der Waals surface area contributed by atoms with Gasteiger partial charge < -0.3 is 10.2 Å². The van der Waals surface area contributed by atoms with Gasteiger partial charge in [-0.25, -0.2) is 0 Å². The van der Waals surface area contributed by atoms with Gasteiger partial charge in [-0.05, 0) is 6.42 Å². The van der Waals surface area contributed by atoms with Crippen LogP contribution in [-0.4, -0.2) is 46.2 Å². The summed E-state index contributed by atoms with van der Waals surface area (Å²) in [6, 6.07) is 2.83. The Morgan fingerprint density at radius 3 is 1.94 bits per heavy atom. The van der Waals surface area contributed by atoms with Crippen LogP contribution in [0.3, 0.4) is 0 Å². The molecule has 7 nitrogen and oxygen atoms in total. The summed E-state index contributed by atoms with van der Waals surface area (Å²) < 4.78 is 0. The molecule has 7 heteroatoms. The average Bonchev–Trinajstić information content (AvgIpc) is 2.30. The highest BCUT2D eigenvalue weighted by atomic mass is 16.4. The fourth-order valence-corrected chi connectivity index (χ4v) is 1.53. The van der Waals surface area contributed by atoms with Gasteiger partial charge in [0.1, 0.15) is 6.04 Å². The predicted octanol–water partition coefficient (Wildman–Crippen LogP) is 0.434. The Morgan fingerprint density at radius 2 is 1.61 bits per heavy atom. The SMILES string of the molecule is N#CCCN(CCC#N)[C@H](CCC(=O)O)C(=O)O. The van der Waals surface area contributed by atoms with E-state index in [-0.39, 0.29) is 38.8 Å². The number of carbonyl (C=O) groups is 2. The van der Waals surface area contributed by atoms with Crippen LogP contribution in [0.5, 0.6) is 0 Å². The molecule has 0 bridgehead atoms. The van der Waals surface area contributed by atoms with Crippen molar-refractivity contribution >= 4 is 11.9 Å². The maximum atomic E-state index is 11.1. The molecule has 0 unspecified atom stereocenters. The van der Waals surface area contributed by atoms with E-state index in [2.05, 4.69) is 0 Å². The van der Waals surface area contributed by atoms with Gasteiger partial charge in [0.25, 0.3) is 0 Å². The lowest BCUT2D eigenvalue weighted by Gasteiger charge is -2.26. The first kappa shape index (κ1) is 15.9. The van der Waals surface area contributed by atoms with Crippen LogP contribution >= 0.6 is 0 Å². The molecule has 0 amide bonds. The van der Waals surface area contributed by atoms with E-state index in [1.807, 2.05) is 12.1 Å². The fourth-order valence-electron chi connectivity index (χ4n) is 1.53. The van der Waals surface area contributed by atoms with Crippen molar-refractivity contribution in [3.8, 4) is 12.1 Å². The summed E-state index contributed by atoms with van der Waals surface area (Å²) in [7, 11) is 0. The minimum absolute atomic E-state index is 0.0402. The summed E-state index contributed by atoms with van der Waals surface area (Å²) >= 11 is 0. The Balaban J connectivity index is 4.63. The molecule has 0 aliphatic heterocycles. The second kappa shape index (κ2) is 8.97. The third kappa shape index (κ3) is 6.46. The van der Waals surface area contributed by atoms with Gasteiger partial charge in [-0.2, -0.15) is 10.5 Å². The van der Waals surface area contributed by atoms with Gasteiger partial charge >= 0.3 is 11.9 Å². The summed E-state index contributed by atoms with van der Waals surface area (Å²) in [5, 5.41) is 34.6. The van der Waals surface area contributed by atoms with Gasteiger partial charge in [0, 0.05) is 32.4 Å². The fraction of sp³-hybridized carbons (Fsp3) is 0.636. The zero-order valence-electron chi connectivity index (χ0n) is 9.87. The van der Waals surface area contributed by atoms with Crippen LogP contribution in [0, 0.1) is 22.7 Å². The van der Waals surface area contributed by atoms with Gasteiger partial charge in [0.2, 0.25) is 0 Å².